The molecular formula is C11H11FO3. The molecule has 0 spiro atoms. The van der Waals surface area contributed by atoms with Crippen LogP contribution in [0.4, 0.5) is 4.39 Å². The predicted molar refractivity (Wildman–Crippen MR) is 52.3 cm³/mol. The van der Waals surface area contributed by atoms with E-state index in [0.29, 0.717) is 0 Å². The fourth-order valence-corrected chi connectivity index (χ4v) is 1.21. The number of benzene rings is 1. The largest absolute Gasteiger partial charge is 0.481 e. The summed E-state index contributed by atoms with van der Waals surface area (Å²) in [6.45, 7) is 1.74. The standard InChI is InChI=1S/C11H11FO3/c1-7-2-3-9(12)8(6-7)10(13)4-5-11(14)15/h2-3,6H,4-5H2,1H3,(H,14,15). The Morgan fingerprint density at radius 3 is 2.60 bits per heavy atom. The number of ketones is 1. The van der Waals surface area contributed by atoms with Crippen molar-refractivity contribution < 1.29 is 19.1 Å². The number of halogens is 1. The summed E-state index contributed by atoms with van der Waals surface area (Å²) < 4.78 is 13.2. The highest BCUT2D eigenvalue weighted by Gasteiger charge is 2.12. The molecule has 0 aliphatic heterocycles. The fraction of sp³-hybridized carbons (Fsp3) is 0.273. The Kier molecular flexibility index (Phi) is 3.55. The predicted octanol–water partition coefficient (Wildman–Crippen LogP) is 2.18. The number of rotatable bonds is 4. The summed E-state index contributed by atoms with van der Waals surface area (Å²) >= 11 is 0. The highest BCUT2D eigenvalue weighted by atomic mass is 19.1. The molecule has 15 heavy (non-hydrogen) atoms. The van der Waals surface area contributed by atoms with Crippen molar-refractivity contribution in [3.05, 3.63) is 35.1 Å². The zero-order valence-corrected chi connectivity index (χ0v) is 8.29. The third-order valence-electron chi connectivity index (χ3n) is 1.99. The molecule has 0 amide bonds. The number of carboxylic acid groups (broad SMARTS) is 1. The Morgan fingerprint density at radius 1 is 1.33 bits per heavy atom. The minimum atomic E-state index is -1.06. The van der Waals surface area contributed by atoms with Crippen LogP contribution in [-0.4, -0.2) is 16.9 Å². The van der Waals surface area contributed by atoms with Gasteiger partial charge >= 0.3 is 5.97 Å². The van der Waals surface area contributed by atoms with Gasteiger partial charge in [-0.25, -0.2) is 4.39 Å². The molecule has 0 aromatic heterocycles. The first-order valence-electron chi connectivity index (χ1n) is 4.52. The zero-order valence-electron chi connectivity index (χ0n) is 8.29. The quantitative estimate of drug-likeness (QED) is 0.775. The minimum Gasteiger partial charge on any atom is -0.481 e. The van der Waals surface area contributed by atoms with Gasteiger partial charge < -0.3 is 5.11 Å². The molecule has 0 saturated carbocycles. The molecule has 80 valence electrons. The van der Waals surface area contributed by atoms with Crippen LogP contribution in [0.1, 0.15) is 28.8 Å². The molecule has 1 N–H and O–H groups in total. The van der Waals surface area contributed by atoms with Crippen molar-refractivity contribution in [2.24, 2.45) is 0 Å². The van der Waals surface area contributed by atoms with Gasteiger partial charge in [0, 0.05) is 6.42 Å². The van der Waals surface area contributed by atoms with E-state index in [2.05, 4.69) is 0 Å². The van der Waals surface area contributed by atoms with E-state index < -0.39 is 17.6 Å². The smallest absolute Gasteiger partial charge is 0.303 e. The summed E-state index contributed by atoms with van der Waals surface area (Å²) in [6.07, 6.45) is -0.443. The van der Waals surface area contributed by atoms with Crippen LogP contribution in [0.5, 0.6) is 0 Å². The first kappa shape index (κ1) is 11.4. The maximum atomic E-state index is 13.2. The van der Waals surface area contributed by atoms with E-state index >= 15 is 0 Å². The molecule has 0 heterocycles. The number of aryl methyl sites for hydroxylation is 1. The number of aliphatic carboxylic acids is 1. The molecule has 0 fully saturated rings. The van der Waals surface area contributed by atoms with Gasteiger partial charge in [-0.1, -0.05) is 11.6 Å². The van der Waals surface area contributed by atoms with Crippen LogP contribution >= 0.6 is 0 Å². The number of hydrogen-bond acceptors (Lipinski definition) is 2. The molecule has 0 radical (unpaired) electrons. The highest BCUT2D eigenvalue weighted by molar-refractivity contribution is 5.97. The molecular weight excluding hydrogens is 199 g/mol. The summed E-state index contributed by atoms with van der Waals surface area (Å²) in [7, 11) is 0. The molecule has 3 nitrogen and oxygen atoms in total. The van der Waals surface area contributed by atoms with Crippen molar-refractivity contribution >= 4 is 11.8 Å². The average Bonchev–Trinajstić information content (AvgIpc) is 2.18. The number of hydrogen-bond donors (Lipinski definition) is 1. The van der Waals surface area contributed by atoms with Gasteiger partial charge in [0.05, 0.1) is 12.0 Å². The van der Waals surface area contributed by atoms with E-state index in [1.807, 2.05) is 0 Å². The lowest BCUT2D eigenvalue weighted by molar-refractivity contribution is -0.136. The van der Waals surface area contributed by atoms with Gasteiger partial charge in [0.1, 0.15) is 5.82 Å². The van der Waals surface area contributed by atoms with Crippen molar-refractivity contribution in [3.8, 4) is 0 Å². The molecule has 0 bridgehead atoms. The van der Waals surface area contributed by atoms with E-state index in [0.717, 1.165) is 5.56 Å². The molecule has 0 aliphatic rings. The van der Waals surface area contributed by atoms with Crippen molar-refractivity contribution in [1.82, 2.24) is 0 Å². The molecule has 1 aromatic carbocycles. The molecule has 0 unspecified atom stereocenters. The van der Waals surface area contributed by atoms with Gasteiger partial charge in [-0.2, -0.15) is 0 Å². The second-order valence-electron chi connectivity index (χ2n) is 3.30. The van der Waals surface area contributed by atoms with Gasteiger partial charge in [0.2, 0.25) is 0 Å². The van der Waals surface area contributed by atoms with Gasteiger partial charge in [0.25, 0.3) is 0 Å². The summed E-state index contributed by atoms with van der Waals surface area (Å²) in [5, 5.41) is 8.39. The van der Waals surface area contributed by atoms with E-state index in [4.69, 9.17) is 5.11 Å². The normalized spacial score (nSPS) is 10.0. The Morgan fingerprint density at radius 2 is 2.00 bits per heavy atom. The van der Waals surface area contributed by atoms with Crippen LogP contribution in [0, 0.1) is 12.7 Å². The van der Waals surface area contributed by atoms with E-state index in [1.54, 1.807) is 13.0 Å². The lowest BCUT2D eigenvalue weighted by Gasteiger charge is -2.02. The van der Waals surface area contributed by atoms with Crippen LogP contribution in [0.15, 0.2) is 18.2 Å². The SMILES string of the molecule is Cc1ccc(F)c(C(=O)CCC(=O)O)c1. The lowest BCUT2D eigenvalue weighted by Crippen LogP contribution is -2.06. The maximum Gasteiger partial charge on any atom is 0.303 e. The molecule has 1 rings (SSSR count). The maximum absolute atomic E-state index is 13.2. The van der Waals surface area contributed by atoms with E-state index in [9.17, 15) is 14.0 Å². The first-order chi connectivity index (χ1) is 7.00. The molecule has 1 aromatic rings. The zero-order chi connectivity index (χ0) is 11.4. The van der Waals surface area contributed by atoms with Crippen molar-refractivity contribution in [1.29, 1.82) is 0 Å². The molecule has 0 saturated heterocycles. The molecule has 4 heteroatoms. The topological polar surface area (TPSA) is 54.4 Å². The Balaban J connectivity index is 2.81. The van der Waals surface area contributed by atoms with Gasteiger partial charge in [0.15, 0.2) is 5.78 Å². The van der Waals surface area contributed by atoms with Crippen molar-refractivity contribution in [2.45, 2.75) is 19.8 Å². The third-order valence-corrected chi connectivity index (χ3v) is 1.99. The van der Waals surface area contributed by atoms with E-state index in [-0.39, 0.29) is 18.4 Å². The monoisotopic (exact) mass is 210 g/mol. The number of carbonyl (C=O) groups is 2. The highest BCUT2D eigenvalue weighted by Crippen LogP contribution is 2.13. The van der Waals surface area contributed by atoms with Crippen LogP contribution < -0.4 is 0 Å². The fourth-order valence-electron chi connectivity index (χ4n) is 1.21. The Labute approximate surface area is 86.5 Å². The Hall–Kier alpha value is -1.71. The number of carbonyl (C=O) groups excluding carboxylic acids is 1. The molecule has 0 atom stereocenters. The third kappa shape index (κ3) is 3.16. The van der Waals surface area contributed by atoms with Crippen LogP contribution in [0.2, 0.25) is 0 Å². The van der Waals surface area contributed by atoms with E-state index in [1.165, 1.54) is 12.1 Å². The second kappa shape index (κ2) is 4.68. The summed E-state index contributed by atoms with van der Waals surface area (Å²) in [5.74, 6) is -2.13. The molecule has 0 aliphatic carbocycles. The first-order valence-corrected chi connectivity index (χ1v) is 4.52. The number of Topliss-reactive ketones (excluding diaryl/α,β-unsaturated/α-hetero) is 1. The summed E-state index contributed by atoms with van der Waals surface area (Å²) in [4.78, 5) is 21.7. The minimum absolute atomic E-state index is 0.0312. The lowest BCUT2D eigenvalue weighted by atomic mass is 10.0. The van der Waals surface area contributed by atoms with Gasteiger partial charge in [-0.05, 0) is 19.1 Å². The van der Waals surface area contributed by atoms with Crippen LogP contribution in [0.25, 0.3) is 0 Å². The van der Waals surface area contributed by atoms with Gasteiger partial charge in [-0.15, -0.1) is 0 Å². The van der Waals surface area contributed by atoms with Crippen LogP contribution in [0.3, 0.4) is 0 Å². The Bertz CT molecular complexity index is 399. The summed E-state index contributed by atoms with van der Waals surface area (Å²) in [6, 6.07) is 4.20. The second-order valence-corrected chi connectivity index (χ2v) is 3.30. The summed E-state index contributed by atoms with van der Waals surface area (Å²) in [5.41, 5.74) is 0.742. The van der Waals surface area contributed by atoms with Gasteiger partial charge in [-0.3, -0.25) is 9.59 Å². The van der Waals surface area contributed by atoms with Crippen LogP contribution in [-0.2, 0) is 4.79 Å². The average molecular weight is 210 g/mol. The van der Waals surface area contributed by atoms with Crippen molar-refractivity contribution in [3.63, 3.8) is 0 Å². The number of carboxylic acids is 1. The van der Waals surface area contributed by atoms with Crippen molar-refractivity contribution in [2.75, 3.05) is 0 Å².